The quantitative estimate of drug-likeness (QED) is 0.216. The third-order valence-electron chi connectivity index (χ3n) is 3.99. The predicted molar refractivity (Wildman–Crippen MR) is 112 cm³/mol. The number of nitrogens with zero attached hydrogens (tertiary/aromatic N) is 4. The van der Waals surface area contributed by atoms with Gasteiger partial charge in [-0.05, 0) is 38.0 Å². The first-order chi connectivity index (χ1) is 11.2. The van der Waals surface area contributed by atoms with Gasteiger partial charge in [0, 0.05) is 0 Å². The molecule has 4 nitrogen and oxygen atoms in total. The Morgan fingerprint density at radius 2 is 0.885 bits per heavy atom. The molecule has 0 heterocycles. The van der Waals surface area contributed by atoms with Gasteiger partial charge in [0.1, 0.15) is 0 Å². The summed E-state index contributed by atoms with van der Waals surface area (Å²) in [4.78, 5) is 8.87. The van der Waals surface area contributed by atoms with Crippen molar-refractivity contribution in [2.75, 3.05) is 0 Å². The fraction of sp³-hybridized carbons (Fsp3) is 0.900. The smallest absolute Gasteiger partial charge is 0.466 e. The summed E-state index contributed by atoms with van der Waals surface area (Å²) in [7, 11) is 0. The van der Waals surface area contributed by atoms with Crippen LogP contribution in [0.3, 0.4) is 0 Å². The molecule has 0 spiro atoms. The third-order valence-corrected chi connectivity index (χ3v) is 3.99. The normalized spacial score (nSPS) is 15.9. The van der Waals surface area contributed by atoms with Crippen LogP contribution in [0.5, 0.6) is 0 Å². The molecule has 164 valence electrons. The van der Waals surface area contributed by atoms with E-state index >= 15 is 0 Å². The second kappa shape index (κ2) is 21.3. The summed E-state index contributed by atoms with van der Waals surface area (Å²) in [6.45, 7) is 21.0. The van der Waals surface area contributed by atoms with Crippen molar-refractivity contribution in [1.29, 1.82) is 0 Å². The van der Waals surface area contributed by atoms with Crippen LogP contribution in [0.1, 0.15) is 94.9 Å². The predicted octanol–water partition coefficient (Wildman–Crippen LogP) is 6.75. The Hall–Kier alpha value is -0.0210. The molecular formula is C20H42Cu2N4. The number of hydrogen-bond acceptors (Lipinski definition) is 2. The average molecular weight is 466 g/mol. The van der Waals surface area contributed by atoms with Gasteiger partial charge in [0.05, 0.1) is 0 Å². The Labute approximate surface area is 185 Å². The Bertz CT molecular complexity index is 326. The average Bonchev–Trinajstić information content (AvgIpc) is 2.54. The minimum Gasteiger partial charge on any atom is -0.466 e. The summed E-state index contributed by atoms with van der Waals surface area (Å²) >= 11 is 0. The van der Waals surface area contributed by atoms with Crippen molar-refractivity contribution in [3.8, 4) is 0 Å². The first-order valence-corrected chi connectivity index (χ1v) is 9.70. The second-order valence-corrected chi connectivity index (χ2v) is 6.64. The third kappa shape index (κ3) is 22.0. The first kappa shape index (κ1) is 33.6. The molecule has 0 aromatic heterocycles. The van der Waals surface area contributed by atoms with E-state index in [2.05, 4.69) is 76.0 Å². The van der Waals surface area contributed by atoms with E-state index in [0.717, 1.165) is 37.4 Å². The molecular weight excluding hydrogens is 423 g/mol. The van der Waals surface area contributed by atoms with Crippen molar-refractivity contribution < 1.29 is 34.1 Å². The van der Waals surface area contributed by atoms with Gasteiger partial charge in [-0.2, -0.15) is 0 Å². The summed E-state index contributed by atoms with van der Waals surface area (Å²) in [6, 6.07) is 1.66. The monoisotopic (exact) mass is 464 g/mol. The summed E-state index contributed by atoms with van der Waals surface area (Å²) < 4.78 is 0. The van der Waals surface area contributed by atoms with E-state index in [0.29, 0.717) is 24.2 Å². The van der Waals surface area contributed by atoms with Crippen LogP contribution in [-0.2, 0) is 34.1 Å². The maximum atomic E-state index is 4.43. The second-order valence-electron chi connectivity index (χ2n) is 6.64. The number of aliphatic imine (C=N–C) groups is 2. The zero-order valence-corrected chi connectivity index (χ0v) is 20.4. The number of amidine groups is 2. The molecule has 0 aliphatic rings. The molecule has 4 unspecified atom stereocenters. The van der Waals surface area contributed by atoms with E-state index in [-0.39, 0.29) is 34.1 Å². The van der Waals surface area contributed by atoms with Crippen molar-refractivity contribution in [2.24, 2.45) is 9.98 Å². The summed E-state index contributed by atoms with van der Waals surface area (Å²) in [5.74, 6) is 1.89. The van der Waals surface area contributed by atoms with Crippen LogP contribution in [0.15, 0.2) is 9.98 Å². The molecule has 0 aromatic rings. The van der Waals surface area contributed by atoms with Crippen LogP contribution >= 0.6 is 0 Å². The molecule has 6 heteroatoms. The van der Waals surface area contributed by atoms with Gasteiger partial charge >= 0.3 is 34.1 Å². The van der Waals surface area contributed by atoms with Crippen LogP contribution in [-0.4, -0.2) is 35.8 Å². The Balaban J connectivity index is -0.000000173. The Kier molecular flexibility index (Phi) is 27.5. The minimum absolute atomic E-state index is 0. The summed E-state index contributed by atoms with van der Waals surface area (Å²) in [5.41, 5.74) is 0. The van der Waals surface area contributed by atoms with E-state index in [1.54, 1.807) is 0 Å². The molecule has 0 aliphatic carbocycles. The molecule has 0 N–H and O–H groups in total. The molecule has 0 saturated carbocycles. The molecule has 0 rings (SSSR count). The molecule has 0 bridgehead atoms. The van der Waals surface area contributed by atoms with Crippen molar-refractivity contribution in [3.63, 3.8) is 0 Å². The molecule has 0 amide bonds. The van der Waals surface area contributed by atoms with Gasteiger partial charge in [-0.1, -0.05) is 92.7 Å². The molecule has 0 radical (unpaired) electrons. The maximum Gasteiger partial charge on any atom is 1.00 e. The maximum absolute atomic E-state index is 4.43. The molecule has 4 atom stereocenters. The summed E-state index contributed by atoms with van der Waals surface area (Å²) in [5, 5.41) is 8.87. The van der Waals surface area contributed by atoms with E-state index < -0.39 is 0 Å². The van der Waals surface area contributed by atoms with Crippen molar-refractivity contribution in [1.82, 2.24) is 0 Å². The van der Waals surface area contributed by atoms with Crippen molar-refractivity contribution in [3.05, 3.63) is 10.6 Å². The minimum atomic E-state index is 0. The molecule has 0 aromatic carbocycles. The largest absolute Gasteiger partial charge is 1.00 e. The van der Waals surface area contributed by atoms with Gasteiger partial charge in [-0.25, -0.2) is 0 Å². The fourth-order valence-corrected chi connectivity index (χ4v) is 1.71. The van der Waals surface area contributed by atoms with Crippen LogP contribution in [0.4, 0.5) is 0 Å². The number of hydrogen-bond donors (Lipinski definition) is 0. The van der Waals surface area contributed by atoms with Gasteiger partial charge in [0.2, 0.25) is 0 Å². The first-order valence-electron chi connectivity index (χ1n) is 9.70. The van der Waals surface area contributed by atoms with Crippen LogP contribution < -0.4 is 0 Å². The zero-order chi connectivity index (χ0) is 19.1. The van der Waals surface area contributed by atoms with E-state index in [1.807, 2.05) is 13.8 Å². The van der Waals surface area contributed by atoms with Crippen LogP contribution in [0.25, 0.3) is 10.6 Å². The van der Waals surface area contributed by atoms with Gasteiger partial charge in [-0.15, -0.1) is 0 Å². The van der Waals surface area contributed by atoms with Gasteiger partial charge in [0.25, 0.3) is 0 Å². The molecule has 26 heavy (non-hydrogen) atoms. The van der Waals surface area contributed by atoms with E-state index in [9.17, 15) is 0 Å². The Morgan fingerprint density at radius 1 is 0.615 bits per heavy atom. The summed E-state index contributed by atoms with van der Waals surface area (Å²) in [6.07, 6.45) is 4.36. The van der Waals surface area contributed by atoms with Gasteiger partial charge < -0.3 is 20.6 Å². The zero-order valence-electron chi connectivity index (χ0n) is 18.5. The Morgan fingerprint density at radius 3 is 1.08 bits per heavy atom. The van der Waals surface area contributed by atoms with Crippen molar-refractivity contribution in [2.45, 2.75) is 119 Å². The van der Waals surface area contributed by atoms with E-state index in [4.69, 9.17) is 0 Å². The number of rotatable bonds is 8. The van der Waals surface area contributed by atoms with Gasteiger partial charge in [-0.3, -0.25) is 0 Å². The standard InChI is InChI=1S/2C10H21N2.2Cu/c2*1-6-8(3)11-10(5)12-9(4)7-2;;/h2*8-9H,6-7H2,1-5H3;;/q2*-1;2*+1. The molecule has 0 fully saturated rings. The molecule has 0 saturated heterocycles. The van der Waals surface area contributed by atoms with Crippen LogP contribution in [0, 0.1) is 0 Å². The van der Waals surface area contributed by atoms with Gasteiger partial charge in [0.15, 0.2) is 0 Å². The SMILES string of the molecule is CCC(C)N=C(C)[N-]C(C)CC.CCC(C)N=C(C)[N-]C(C)CC.[Cu+].[Cu+]. The van der Waals surface area contributed by atoms with Crippen molar-refractivity contribution >= 4 is 11.7 Å². The van der Waals surface area contributed by atoms with E-state index in [1.165, 1.54) is 0 Å². The fourth-order valence-electron chi connectivity index (χ4n) is 1.71. The topological polar surface area (TPSA) is 52.9 Å². The molecule has 0 aliphatic heterocycles. The van der Waals surface area contributed by atoms with Crippen LogP contribution in [0.2, 0.25) is 0 Å².